The van der Waals surface area contributed by atoms with Crippen LogP contribution in [0.2, 0.25) is 0 Å². The molecule has 0 spiro atoms. The summed E-state index contributed by atoms with van der Waals surface area (Å²) in [6.45, 7) is 0.115. The highest BCUT2D eigenvalue weighted by Gasteiger charge is 2.27. The van der Waals surface area contributed by atoms with E-state index in [2.05, 4.69) is 15.0 Å². The fraction of sp³-hybridized carbons (Fsp3) is 0.545. The third-order valence-electron chi connectivity index (χ3n) is 2.79. The average Bonchev–Trinajstić information content (AvgIpc) is 3.19. The monoisotopic (exact) mass is 255 g/mol. The molecule has 5 nitrogen and oxygen atoms in total. The molecule has 1 saturated carbocycles. The second kappa shape index (κ2) is 5.24. The van der Waals surface area contributed by atoms with Crippen LogP contribution in [0.25, 0.3) is 0 Å². The highest BCUT2D eigenvalue weighted by Crippen LogP contribution is 2.24. The number of guanidine groups is 1. The second-order valence-electron chi connectivity index (χ2n) is 4.21. The van der Waals surface area contributed by atoms with E-state index in [1.807, 2.05) is 11.9 Å². The van der Waals surface area contributed by atoms with Crippen LogP contribution in [0.15, 0.2) is 17.3 Å². The maximum Gasteiger partial charge on any atom is 0.280 e. The van der Waals surface area contributed by atoms with E-state index in [1.54, 1.807) is 0 Å². The zero-order chi connectivity index (χ0) is 13.1. The van der Waals surface area contributed by atoms with Gasteiger partial charge in [-0.1, -0.05) is 0 Å². The lowest BCUT2D eigenvalue weighted by atomic mass is 10.4. The van der Waals surface area contributed by atoms with Gasteiger partial charge in [-0.2, -0.15) is 0 Å². The number of aromatic nitrogens is 2. The van der Waals surface area contributed by atoms with Gasteiger partial charge >= 0.3 is 0 Å². The van der Waals surface area contributed by atoms with E-state index in [-0.39, 0.29) is 18.1 Å². The van der Waals surface area contributed by atoms with Crippen LogP contribution in [0.5, 0.6) is 0 Å². The zero-order valence-electron chi connectivity index (χ0n) is 10.1. The van der Waals surface area contributed by atoms with Crippen molar-refractivity contribution in [1.29, 1.82) is 0 Å². The summed E-state index contributed by atoms with van der Waals surface area (Å²) in [5.74, 6) is 0.642. The van der Waals surface area contributed by atoms with Crippen molar-refractivity contribution in [1.82, 2.24) is 14.9 Å². The van der Waals surface area contributed by atoms with Crippen molar-refractivity contribution in [2.24, 2.45) is 10.7 Å². The predicted octanol–water partition coefficient (Wildman–Crippen LogP) is 1.32. The summed E-state index contributed by atoms with van der Waals surface area (Å²) in [6.07, 6.45) is 0.941. The summed E-state index contributed by atoms with van der Waals surface area (Å²) in [6, 6.07) is 1.65. The van der Waals surface area contributed by atoms with Crippen LogP contribution < -0.4 is 5.73 Å². The molecule has 0 aliphatic heterocycles. The molecule has 0 aromatic carbocycles. The van der Waals surface area contributed by atoms with Gasteiger partial charge in [-0.15, -0.1) is 0 Å². The van der Waals surface area contributed by atoms with Gasteiger partial charge in [0.15, 0.2) is 5.96 Å². The molecule has 0 atom stereocenters. The summed E-state index contributed by atoms with van der Waals surface area (Å²) in [7, 11) is 1.87. The summed E-state index contributed by atoms with van der Waals surface area (Å²) in [4.78, 5) is 13.6. The van der Waals surface area contributed by atoms with Crippen LogP contribution in [-0.4, -0.2) is 33.9 Å². The molecule has 2 N–H and O–H groups in total. The molecule has 0 unspecified atom stereocenters. The zero-order valence-corrected chi connectivity index (χ0v) is 10.1. The third kappa shape index (κ3) is 3.12. The standard InChI is InChI=1S/C11H15F2N5/c1-18(7-2-3-7)11(14)16-6-9-15-5-4-8(17-9)10(12)13/h4-5,7,10H,2-3,6H2,1H3,(H2,14,16). The van der Waals surface area contributed by atoms with Crippen LogP contribution in [-0.2, 0) is 6.54 Å². The Hall–Kier alpha value is -1.79. The molecular formula is C11H15F2N5. The van der Waals surface area contributed by atoms with Crippen LogP contribution in [0, 0.1) is 0 Å². The summed E-state index contributed by atoms with van der Waals surface area (Å²) in [5, 5.41) is 0. The molecule has 0 saturated heterocycles. The lowest BCUT2D eigenvalue weighted by Crippen LogP contribution is -2.35. The third-order valence-corrected chi connectivity index (χ3v) is 2.79. The lowest BCUT2D eigenvalue weighted by Gasteiger charge is -2.16. The Kier molecular flexibility index (Phi) is 3.69. The molecule has 2 rings (SSSR count). The van der Waals surface area contributed by atoms with E-state index in [4.69, 9.17) is 5.73 Å². The first-order valence-corrected chi connectivity index (χ1v) is 5.70. The van der Waals surface area contributed by atoms with Crippen molar-refractivity contribution in [3.05, 3.63) is 23.8 Å². The van der Waals surface area contributed by atoms with Gasteiger partial charge in [0.25, 0.3) is 6.43 Å². The SMILES string of the molecule is CN(C(N)=NCc1nccc(C(F)F)n1)C1CC1. The van der Waals surface area contributed by atoms with Gasteiger partial charge in [-0.05, 0) is 18.9 Å². The molecular weight excluding hydrogens is 240 g/mol. The highest BCUT2D eigenvalue weighted by molar-refractivity contribution is 5.78. The molecule has 1 fully saturated rings. The second-order valence-corrected chi connectivity index (χ2v) is 4.21. The summed E-state index contributed by atoms with van der Waals surface area (Å²) < 4.78 is 24.9. The molecule has 18 heavy (non-hydrogen) atoms. The smallest absolute Gasteiger partial charge is 0.280 e. The predicted molar refractivity (Wildman–Crippen MR) is 63.1 cm³/mol. The van der Waals surface area contributed by atoms with E-state index in [0.29, 0.717) is 12.0 Å². The van der Waals surface area contributed by atoms with Crippen LogP contribution >= 0.6 is 0 Å². The molecule has 1 aromatic rings. The first-order chi connectivity index (χ1) is 8.58. The fourth-order valence-corrected chi connectivity index (χ4v) is 1.52. The van der Waals surface area contributed by atoms with Crippen molar-refractivity contribution >= 4 is 5.96 Å². The van der Waals surface area contributed by atoms with Crippen LogP contribution in [0.4, 0.5) is 8.78 Å². The number of hydrogen-bond acceptors (Lipinski definition) is 3. The van der Waals surface area contributed by atoms with Gasteiger partial charge in [-0.25, -0.2) is 23.7 Å². The van der Waals surface area contributed by atoms with Crippen LogP contribution in [0.3, 0.4) is 0 Å². The molecule has 1 aliphatic carbocycles. The molecule has 0 radical (unpaired) electrons. The normalized spacial score (nSPS) is 16.1. The minimum absolute atomic E-state index is 0.115. The number of rotatable bonds is 4. The Morgan fingerprint density at radius 1 is 1.61 bits per heavy atom. The van der Waals surface area contributed by atoms with Crippen LogP contribution in [0.1, 0.15) is 30.8 Å². The molecule has 1 heterocycles. The Bertz CT molecular complexity index is 445. The van der Waals surface area contributed by atoms with Crippen molar-refractivity contribution in [2.45, 2.75) is 31.9 Å². The van der Waals surface area contributed by atoms with Crippen molar-refractivity contribution in [2.75, 3.05) is 7.05 Å². The molecule has 1 aliphatic rings. The highest BCUT2D eigenvalue weighted by atomic mass is 19.3. The number of halogens is 2. The lowest BCUT2D eigenvalue weighted by molar-refractivity contribution is 0.145. The first-order valence-electron chi connectivity index (χ1n) is 5.70. The maximum absolute atomic E-state index is 12.4. The van der Waals surface area contributed by atoms with Crippen molar-refractivity contribution in [3.63, 3.8) is 0 Å². The molecule has 1 aromatic heterocycles. The average molecular weight is 255 g/mol. The Morgan fingerprint density at radius 2 is 2.33 bits per heavy atom. The molecule has 98 valence electrons. The van der Waals surface area contributed by atoms with Gasteiger partial charge in [0.2, 0.25) is 0 Å². The van der Waals surface area contributed by atoms with Crippen molar-refractivity contribution in [3.8, 4) is 0 Å². The molecule has 0 amide bonds. The summed E-state index contributed by atoms with van der Waals surface area (Å²) >= 11 is 0. The fourth-order valence-electron chi connectivity index (χ4n) is 1.52. The first kappa shape index (κ1) is 12.7. The molecule has 7 heteroatoms. The number of nitrogens with two attached hydrogens (primary N) is 1. The molecule has 0 bridgehead atoms. The summed E-state index contributed by atoms with van der Waals surface area (Å²) in [5.41, 5.74) is 5.49. The van der Waals surface area contributed by atoms with Gasteiger partial charge in [0.05, 0.1) is 0 Å². The van der Waals surface area contributed by atoms with E-state index in [1.165, 1.54) is 12.3 Å². The minimum Gasteiger partial charge on any atom is -0.370 e. The van der Waals surface area contributed by atoms with Gasteiger partial charge in [-0.3, -0.25) is 0 Å². The number of hydrogen-bond donors (Lipinski definition) is 1. The quantitative estimate of drug-likeness (QED) is 0.651. The Balaban J connectivity index is 2.00. The van der Waals surface area contributed by atoms with Gasteiger partial charge in [0, 0.05) is 19.3 Å². The van der Waals surface area contributed by atoms with E-state index in [0.717, 1.165) is 12.8 Å². The number of aliphatic imine (C=N–C) groups is 1. The maximum atomic E-state index is 12.4. The minimum atomic E-state index is -2.60. The topological polar surface area (TPSA) is 67.4 Å². The van der Waals surface area contributed by atoms with E-state index in [9.17, 15) is 8.78 Å². The largest absolute Gasteiger partial charge is 0.370 e. The Morgan fingerprint density at radius 3 is 2.94 bits per heavy atom. The van der Waals surface area contributed by atoms with Gasteiger partial charge in [0.1, 0.15) is 18.1 Å². The van der Waals surface area contributed by atoms with Gasteiger partial charge < -0.3 is 10.6 Å². The number of alkyl halides is 2. The Labute approximate surface area is 104 Å². The van der Waals surface area contributed by atoms with Crippen molar-refractivity contribution < 1.29 is 8.78 Å². The number of nitrogens with zero attached hydrogens (tertiary/aromatic N) is 4. The van der Waals surface area contributed by atoms with E-state index >= 15 is 0 Å². The van der Waals surface area contributed by atoms with E-state index < -0.39 is 6.43 Å².